The molecule has 0 unspecified atom stereocenters. The van der Waals surface area contributed by atoms with Gasteiger partial charge in [0.15, 0.2) is 0 Å². The monoisotopic (exact) mass is 628 g/mol. The van der Waals surface area contributed by atoms with Crippen LogP contribution in [-0.4, -0.2) is 29.0 Å². The van der Waals surface area contributed by atoms with E-state index >= 15 is 0 Å². The van der Waals surface area contributed by atoms with Gasteiger partial charge >= 0.3 is 230 Å². The summed E-state index contributed by atoms with van der Waals surface area (Å²) >= 11 is 4.52. The van der Waals surface area contributed by atoms with Crippen molar-refractivity contribution in [1.29, 1.82) is 0 Å². The van der Waals surface area contributed by atoms with Crippen LogP contribution in [0.25, 0.3) is 70.2 Å². The van der Waals surface area contributed by atoms with Gasteiger partial charge in [-0.1, -0.05) is 0 Å². The van der Waals surface area contributed by atoms with Gasteiger partial charge in [-0.05, 0) is 0 Å². The zero-order valence-corrected chi connectivity index (χ0v) is 24.8. The summed E-state index contributed by atoms with van der Waals surface area (Å²) in [7, 11) is 0. The van der Waals surface area contributed by atoms with Crippen molar-refractivity contribution in [2.75, 3.05) is 0 Å². The van der Waals surface area contributed by atoms with Gasteiger partial charge in [0.25, 0.3) is 0 Å². The Kier molecular flexibility index (Phi) is 4.83. The van der Waals surface area contributed by atoms with Crippen LogP contribution in [0.4, 0.5) is 0 Å². The topological polar surface area (TPSA) is 0 Å². The molecule has 0 nitrogen and oxygen atoms in total. The van der Waals surface area contributed by atoms with Crippen molar-refractivity contribution in [2.45, 2.75) is 13.8 Å². The minimum atomic E-state index is 0.382. The Morgan fingerprint density at radius 3 is 1.17 bits per heavy atom. The second-order valence-electron chi connectivity index (χ2n) is 9.57. The fourth-order valence-corrected chi connectivity index (χ4v) is 12.2. The van der Waals surface area contributed by atoms with Gasteiger partial charge in [-0.25, -0.2) is 0 Å². The fraction of sp³-hybridized carbons (Fsp3) is 0.0625. The van der Waals surface area contributed by atoms with E-state index in [1.54, 1.807) is 0 Å². The van der Waals surface area contributed by atoms with Crippen LogP contribution in [0, 0.1) is 13.8 Å². The molecule has 4 heterocycles. The average molecular weight is 627 g/mol. The average Bonchev–Trinajstić information content (AvgIpc) is 3.68. The quantitative estimate of drug-likeness (QED) is 0.132. The van der Waals surface area contributed by atoms with Crippen LogP contribution in [-0.2, 0) is 0 Å². The Morgan fingerprint density at radius 2 is 0.806 bits per heavy atom. The number of hydrogen-bond donors (Lipinski definition) is 0. The van der Waals surface area contributed by atoms with E-state index in [1.165, 1.54) is 81.4 Å². The molecule has 0 aliphatic heterocycles. The Morgan fingerprint density at radius 1 is 0.444 bits per heavy atom. The Hall–Kier alpha value is -2.42. The van der Waals surface area contributed by atoms with Gasteiger partial charge in [0.2, 0.25) is 0 Å². The Labute approximate surface area is 228 Å². The van der Waals surface area contributed by atoms with Crippen molar-refractivity contribution in [2.24, 2.45) is 0 Å². The number of fused-ring (bicyclic) bond motifs is 9. The van der Waals surface area contributed by atoms with E-state index in [1.807, 2.05) is 22.7 Å². The first-order chi connectivity index (χ1) is 17.6. The molecule has 4 aromatic carbocycles. The van der Waals surface area contributed by atoms with E-state index < -0.39 is 0 Å². The molecule has 0 spiro atoms. The molecule has 4 aromatic heterocycles. The van der Waals surface area contributed by atoms with Crippen LogP contribution in [0.15, 0.2) is 83.6 Å². The molecule has 0 bridgehead atoms. The normalized spacial score (nSPS) is 12.2. The summed E-state index contributed by atoms with van der Waals surface area (Å²) in [5.74, 6) is 0. The molecule has 0 saturated heterocycles. The first-order valence-corrected chi connectivity index (χ1v) is 17.2. The van der Waals surface area contributed by atoms with Gasteiger partial charge in [-0.3, -0.25) is 0 Å². The molecule has 0 aliphatic carbocycles. The van der Waals surface area contributed by atoms with Crippen LogP contribution in [0.5, 0.6) is 0 Å². The van der Waals surface area contributed by atoms with Crippen LogP contribution in [0.3, 0.4) is 0 Å². The van der Waals surface area contributed by atoms with E-state index in [-0.39, 0.29) is 0 Å². The number of benzene rings is 4. The summed E-state index contributed by atoms with van der Waals surface area (Å²) in [5, 5.41) is 15.7. The predicted molar refractivity (Wildman–Crippen MR) is 164 cm³/mol. The van der Waals surface area contributed by atoms with Gasteiger partial charge in [-0.15, -0.1) is 0 Å². The summed E-state index contributed by atoms with van der Waals surface area (Å²) in [6.45, 7) is 4.38. The number of aryl methyl sites for hydroxylation is 2. The zero-order valence-electron chi connectivity index (χ0n) is 19.7. The molecule has 0 fully saturated rings. The molecule has 0 saturated carbocycles. The molecule has 0 amide bonds. The van der Waals surface area contributed by atoms with Crippen molar-refractivity contribution in [3.8, 4) is 18.6 Å². The third kappa shape index (κ3) is 3.23. The SMILES string of the molecule is Cc1csc(-c2cc3c(ccc4c3ccc3c5ccc6[se]c(-c7cc(C)cs7)cc6c5ccc43)[se]2)c1. The van der Waals surface area contributed by atoms with Gasteiger partial charge < -0.3 is 0 Å². The summed E-state index contributed by atoms with van der Waals surface area (Å²) in [5.41, 5.74) is 2.73. The molecule has 8 rings (SSSR count). The van der Waals surface area contributed by atoms with Crippen LogP contribution < -0.4 is 0 Å². The van der Waals surface area contributed by atoms with E-state index in [9.17, 15) is 0 Å². The van der Waals surface area contributed by atoms with Crippen LogP contribution in [0.2, 0.25) is 0 Å². The van der Waals surface area contributed by atoms with E-state index in [0.717, 1.165) is 0 Å². The van der Waals surface area contributed by atoms with Gasteiger partial charge in [0.1, 0.15) is 0 Å². The second kappa shape index (κ2) is 8.04. The van der Waals surface area contributed by atoms with Gasteiger partial charge in [0, 0.05) is 0 Å². The minimum absolute atomic E-state index is 0.382. The molecule has 36 heavy (non-hydrogen) atoms. The van der Waals surface area contributed by atoms with Gasteiger partial charge in [0.05, 0.1) is 0 Å². The maximum atomic E-state index is 2.46. The van der Waals surface area contributed by atoms with E-state index in [0.29, 0.717) is 29.0 Å². The first-order valence-electron chi connectivity index (χ1n) is 12.0. The zero-order chi connectivity index (χ0) is 24.0. The van der Waals surface area contributed by atoms with Crippen molar-refractivity contribution < 1.29 is 0 Å². The Balaban J connectivity index is 1.35. The molecule has 0 atom stereocenters. The van der Waals surface area contributed by atoms with Gasteiger partial charge in [-0.2, -0.15) is 0 Å². The summed E-state index contributed by atoms with van der Waals surface area (Å²) < 4.78 is 6.06. The van der Waals surface area contributed by atoms with Crippen LogP contribution >= 0.6 is 22.7 Å². The van der Waals surface area contributed by atoms with E-state index in [4.69, 9.17) is 0 Å². The number of hydrogen-bond acceptors (Lipinski definition) is 2. The molecule has 8 aromatic rings. The van der Waals surface area contributed by atoms with Crippen LogP contribution in [0.1, 0.15) is 11.1 Å². The third-order valence-electron chi connectivity index (χ3n) is 7.14. The number of thiophene rings is 2. The second-order valence-corrected chi connectivity index (χ2v) is 15.9. The molecular formula is C32H20S2Se2. The summed E-state index contributed by atoms with van der Waals surface area (Å²) in [4.78, 5) is 2.87. The van der Waals surface area contributed by atoms with Crippen molar-refractivity contribution >= 4 is 103 Å². The first kappa shape index (κ1) is 21.6. The predicted octanol–water partition coefficient (Wildman–Crippen LogP) is 9.64. The molecule has 0 radical (unpaired) electrons. The molecule has 0 aliphatic rings. The third-order valence-corrected chi connectivity index (χ3v) is 14.6. The van der Waals surface area contributed by atoms with Crippen molar-refractivity contribution in [1.82, 2.24) is 0 Å². The van der Waals surface area contributed by atoms with Crippen molar-refractivity contribution in [3.63, 3.8) is 0 Å². The molecular weight excluding hydrogens is 606 g/mol. The maximum absolute atomic E-state index is 2.46. The summed E-state index contributed by atoms with van der Waals surface area (Å²) in [6, 6.07) is 28.6. The molecule has 4 heteroatoms. The summed E-state index contributed by atoms with van der Waals surface area (Å²) in [6.07, 6.45) is 0. The molecule has 0 N–H and O–H groups in total. The molecule has 172 valence electrons. The number of rotatable bonds is 2. The Bertz CT molecular complexity index is 1980. The standard InChI is InChI=1S/C32H20S2Se2/c1-17-11-27(33-15-17)31-13-25-23-5-3-20-19(21(23)7-9-29(25)35-31)4-6-24-22(20)8-10-30-26(24)14-32(36-30)28-12-18(2)16-34-28/h3-16H,1-2H3. The van der Waals surface area contributed by atoms with E-state index in [2.05, 4.69) is 97.4 Å². The fourth-order valence-electron chi connectivity index (χ4n) is 5.44. The van der Waals surface area contributed by atoms with Crippen molar-refractivity contribution in [3.05, 3.63) is 94.7 Å².